The van der Waals surface area contributed by atoms with Crippen molar-refractivity contribution in [3.63, 3.8) is 0 Å². The monoisotopic (exact) mass is 295 g/mol. The summed E-state index contributed by atoms with van der Waals surface area (Å²) < 4.78 is 0.907. The highest BCUT2D eigenvalue weighted by Gasteiger charge is 2.10. The first-order valence-corrected chi connectivity index (χ1v) is 7.90. The fourth-order valence-electron chi connectivity index (χ4n) is 1.77. The van der Waals surface area contributed by atoms with Crippen molar-refractivity contribution >= 4 is 23.1 Å². The van der Waals surface area contributed by atoms with E-state index in [1.54, 1.807) is 17.3 Å². The molecule has 1 aromatic carbocycles. The van der Waals surface area contributed by atoms with E-state index in [1.165, 1.54) is 16.9 Å². The van der Waals surface area contributed by atoms with Crippen LogP contribution in [0.2, 0.25) is 0 Å². The minimum absolute atomic E-state index is 0.359. The molecule has 0 aliphatic rings. The Kier molecular flexibility index (Phi) is 5.78. The third-order valence-electron chi connectivity index (χ3n) is 2.56. The summed E-state index contributed by atoms with van der Waals surface area (Å²) in [7, 11) is 2.02. The first-order chi connectivity index (χ1) is 9.24. The first kappa shape index (κ1) is 14.5. The Bertz CT molecular complexity index is 464. The van der Waals surface area contributed by atoms with E-state index < -0.39 is 0 Å². The van der Waals surface area contributed by atoms with E-state index in [2.05, 4.69) is 27.2 Å². The van der Waals surface area contributed by atoms with Crippen LogP contribution in [0, 0.1) is 0 Å². The maximum absolute atomic E-state index is 9.99. The minimum atomic E-state index is -0.359. The fraction of sp³-hybridized carbons (Fsp3) is 0.385. The smallest absolute Gasteiger partial charge is 0.174 e. The normalized spacial score (nSPS) is 12.8. The molecule has 0 saturated carbocycles. The molecule has 0 spiro atoms. The van der Waals surface area contributed by atoms with Gasteiger partial charge in [-0.3, -0.25) is 4.90 Å². The van der Waals surface area contributed by atoms with Crippen molar-refractivity contribution in [3.8, 4) is 0 Å². The molecular formula is C13H17N3OS2. The molecule has 102 valence electrons. The summed E-state index contributed by atoms with van der Waals surface area (Å²) in [4.78, 5) is 2.13. The van der Waals surface area contributed by atoms with Gasteiger partial charge in [-0.25, -0.2) is 0 Å². The quantitative estimate of drug-likeness (QED) is 0.793. The Hall–Kier alpha value is -0.950. The summed E-state index contributed by atoms with van der Waals surface area (Å²) in [5.41, 5.74) is 2.96. The summed E-state index contributed by atoms with van der Waals surface area (Å²) in [5.74, 6) is 0.647. The van der Waals surface area contributed by atoms with Crippen molar-refractivity contribution in [2.24, 2.45) is 0 Å². The lowest BCUT2D eigenvalue weighted by Gasteiger charge is -2.20. The van der Waals surface area contributed by atoms with E-state index >= 15 is 0 Å². The maximum atomic E-state index is 9.99. The molecule has 2 rings (SSSR count). The number of aliphatic hydroxyl groups is 1. The molecule has 1 aromatic heterocycles. The topological polar surface area (TPSA) is 49.2 Å². The number of benzene rings is 1. The predicted octanol–water partition coefficient (Wildman–Crippen LogP) is 2.12. The summed E-state index contributed by atoms with van der Waals surface area (Å²) in [6, 6.07) is 10.3. The van der Waals surface area contributed by atoms with E-state index in [4.69, 9.17) is 0 Å². The Morgan fingerprint density at radius 3 is 2.84 bits per heavy atom. The van der Waals surface area contributed by atoms with Gasteiger partial charge in [0.25, 0.3) is 0 Å². The van der Waals surface area contributed by atoms with Crippen molar-refractivity contribution in [3.05, 3.63) is 41.4 Å². The lowest BCUT2D eigenvalue weighted by atomic mass is 10.2. The van der Waals surface area contributed by atoms with Crippen LogP contribution in [0.3, 0.4) is 0 Å². The second-order valence-electron chi connectivity index (χ2n) is 4.35. The van der Waals surface area contributed by atoms with Crippen LogP contribution in [0.1, 0.15) is 5.56 Å². The van der Waals surface area contributed by atoms with Crippen molar-refractivity contribution < 1.29 is 5.11 Å². The van der Waals surface area contributed by atoms with Gasteiger partial charge in [-0.05, 0) is 12.6 Å². The van der Waals surface area contributed by atoms with E-state index in [9.17, 15) is 5.11 Å². The number of nitrogens with zero attached hydrogens (tertiary/aromatic N) is 3. The highest BCUT2D eigenvalue weighted by atomic mass is 32.2. The molecule has 6 heteroatoms. The van der Waals surface area contributed by atoms with E-state index in [0.29, 0.717) is 12.3 Å². The molecule has 1 atom stereocenters. The van der Waals surface area contributed by atoms with Crippen molar-refractivity contribution in [2.75, 3.05) is 19.3 Å². The van der Waals surface area contributed by atoms with Gasteiger partial charge in [0.15, 0.2) is 4.34 Å². The molecule has 0 aliphatic carbocycles. The van der Waals surface area contributed by atoms with Crippen molar-refractivity contribution in [2.45, 2.75) is 17.0 Å². The molecule has 0 fully saturated rings. The average Bonchev–Trinajstić information content (AvgIpc) is 2.90. The van der Waals surface area contributed by atoms with Crippen LogP contribution in [0.5, 0.6) is 0 Å². The number of likely N-dealkylation sites (N-methyl/N-ethyl adjacent to an activating group) is 1. The van der Waals surface area contributed by atoms with Crippen LogP contribution in [-0.2, 0) is 6.54 Å². The van der Waals surface area contributed by atoms with Crippen LogP contribution >= 0.6 is 23.1 Å². The number of aromatic nitrogens is 2. The number of thioether (sulfide) groups is 1. The number of rotatable bonds is 7. The van der Waals surface area contributed by atoms with Gasteiger partial charge in [0.1, 0.15) is 5.51 Å². The highest BCUT2D eigenvalue weighted by Crippen LogP contribution is 2.19. The molecule has 19 heavy (non-hydrogen) atoms. The van der Waals surface area contributed by atoms with Gasteiger partial charge in [0.05, 0.1) is 6.10 Å². The molecule has 2 aromatic rings. The second kappa shape index (κ2) is 7.59. The van der Waals surface area contributed by atoms with Crippen LogP contribution in [-0.4, -0.2) is 45.7 Å². The number of hydrogen-bond donors (Lipinski definition) is 1. The van der Waals surface area contributed by atoms with Crippen LogP contribution in [0.4, 0.5) is 0 Å². The molecular weight excluding hydrogens is 278 g/mol. The highest BCUT2D eigenvalue weighted by molar-refractivity contribution is 8.01. The summed E-state index contributed by atoms with van der Waals surface area (Å²) in [6.07, 6.45) is -0.359. The molecule has 0 radical (unpaired) electrons. The zero-order valence-corrected chi connectivity index (χ0v) is 12.4. The third-order valence-corrected chi connectivity index (χ3v) is 4.56. The van der Waals surface area contributed by atoms with Gasteiger partial charge < -0.3 is 5.11 Å². The van der Waals surface area contributed by atoms with Crippen LogP contribution < -0.4 is 0 Å². The Morgan fingerprint density at radius 1 is 1.37 bits per heavy atom. The molecule has 1 heterocycles. The SMILES string of the molecule is CN(Cc1ccccc1)CC(O)CSc1nncs1. The average molecular weight is 295 g/mol. The predicted molar refractivity (Wildman–Crippen MR) is 79.4 cm³/mol. The Balaban J connectivity index is 1.71. The first-order valence-electron chi connectivity index (χ1n) is 6.03. The minimum Gasteiger partial charge on any atom is -0.391 e. The van der Waals surface area contributed by atoms with Gasteiger partial charge in [-0.15, -0.1) is 10.2 Å². The van der Waals surface area contributed by atoms with Crippen molar-refractivity contribution in [1.82, 2.24) is 15.1 Å². The molecule has 1 unspecified atom stereocenters. The van der Waals surface area contributed by atoms with E-state index in [-0.39, 0.29) is 6.10 Å². The fourth-order valence-corrected chi connectivity index (χ4v) is 3.19. The number of hydrogen-bond acceptors (Lipinski definition) is 6. The molecule has 0 bridgehead atoms. The second-order valence-corrected chi connectivity index (χ2v) is 6.45. The maximum Gasteiger partial charge on any atom is 0.174 e. The number of aliphatic hydroxyl groups excluding tert-OH is 1. The van der Waals surface area contributed by atoms with E-state index in [0.717, 1.165) is 10.9 Å². The van der Waals surface area contributed by atoms with Crippen LogP contribution in [0.25, 0.3) is 0 Å². The lowest BCUT2D eigenvalue weighted by Crippen LogP contribution is -2.30. The molecule has 0 amide bonds. The van der Waals surface area contributed by atoms with Crippen molar-refractivity contribution in [1.29, 1.82) is 0 Å². The third kappa shape index (κ3) is 5.28. The van der Waals surface area contributed by atoms with E-state index in [1.807, 2.05) is 25.2 Å². The largest absolute Gasteiger partial charge is 0.391 e. The van der Waals surface area contributed by atoms with Gasteiger partial charge in [-0.2, -0.15) is 0 Å². The lowest BCUT2D eigenvalue weighted by molar-refractivity contribution is 0.142. The summed E-state index contributed by atoms with van der Waals surface area (Å²) in [5, 5.41) is 17.7. The van der Waals surface area contributed by atoms with Gasteiger partial charge in [0, 0.05) is 18.8 Å². The Labute approximate surface area is 121 Å². The molecule has 1 N–H and O–H groups in total. The Morgan fingerprint density at radius 2 is 2.16 bits per heavy atom. The van der Waals surface area contributed by atoms with Crippen LogP contribution in [0.15, 0.2) is 40.2 Å². The summed E-state index contributed by atoms with van der Waals surface area (Å²) >= 11 is 3.05. The standard InChI is InChI=1S/C13H17N3OS2/c1-16(7-11-5-3-2-4-6-11)8-12(17)9-18-13-15-14-10-19-13/h2-6,10,12,17H,7-9H2,1H3. The zero-order chi connectivity index (χ0) is 13.5. The molecule has 4 nitrogen and oxygen atoms in total. The zero-order valence-electron chi connectivity index (χ0n) is 10.8. The van der Waals surface area contributed by atoms with Gasteiger partial charge >= 0.3 is 0 Å². The molecule has 0 saturated heterocycles. The summed E-state index contributed by atoms with van der Waals surface area (Å²) in [6.45, 7) is 1.50. The molecule has 0 aliphatic heterocycles. The van der Waals surface area contributed by atoms with Gasteiger partial charge in [-0.1, -0.05) is 53.4 Å². The van der Waals surface area contributed by atoms with Gasteiger partial charge in [0.2, 0.25) is 0 Å².